The first-order valence-corrected chi connectivity index (χ1v) is 6.56. The molecule has 2 aromatic rings. The van der Waals surface area contributed by atoms with Crippen LogP contribution < -0.4 is 16.0 Å². The minimum Gasteiger partial charge on any atom is -0.341 e. The van der Waals surface area contributed by atoms with Gasteiger partial charge in [-0.15, -0.1) is 0 Å². The standard InChI is InChI=1S/C16H17N3O2/c1-11-7-9-12(10-8-11)18-15(20)13-5-3-4-6-14(13)19-16(21)17-2/h3-10H,1-2H3,(H,18,20)(H2,17,19,21). The number of anilines is 2. The largest absolute Gasteiger partial charge is 0.341 e. The molecule has 21 heavy (non-hydrogen) atoms. The summed E-state index contributed by atoms with van der Waals surface area (Å²) in [7, 11) is 1.52. The van der Waals surface area contributed by atoms with Crippen LogP contribution >= 0.6 is 0 Å². The Hall–Kier alpha value is -2.82. The summed E-state index contributed by atoms with van der Waals surface area (Å²) in [5.41, 5.74) is 2.69. The molecule has 0 spiro atoms. The van der Waals surface area contributed by atoms with Gasteiger partial charge >= 0.3 is 6.03 Å². The molecule has 2 rings (SSSR count). The maximum absolute atomic E-state index is 12.3. The van der Waals surface area contributed by atoms with E-state index in [9.17, 15) is 9.59 Å². The van der Waals surface area contributed by atoms with E-state index >= 15 is 0 Å². The summed E-state index contributed by atoms with van der Waals surface area (Å²) in [6, 6.07) is 14.0. The Kier molecular flexibility index (Phi) is 4.56. The summed E-state index contributed by atoms with van der Waals surface area (Å²) in [6.07, 6.45) is 0. The number of nitrogens with one attached hydrogen (secondary N) is 3. The van der Waals surface area contributed by atoms with Gasteiger partial charge in [0.25, 0.3) is 5.91 Å². The van der Waals surface area contributed by atoms with E-state index in [0.29, 0.717) is 16.9 Å². The van der Waals surface area contributed by atoms with E-state index in [4.69, 9.17) is 0 Å². The quantitative estimate of drug-likeness (QED) is 0.810. The van der Waals surface area contributed by atoms with Gasteiger partial charge in [-0.3, -0.25) is 4.79 Å². The van der Waals surface area contributed by atoms with Crippen molar-refractivity contribution >= 4 is 23.3 Å². The van der Waals surface area contributed by atoms with Gasteiger partial charge in [0.05, 0.1) is 11.3 Å². The van der Waals surface area contributed by atoms with Crippen molar-refractivity contribution in [2.75, 3.05) is 17.7 Å². The predicted molar refractivity (Wildman–Crippen MR) is 83.7 cm³/mol. The van der Waals surface area contributed by atoms with E-state index in [-0.39, 0.29) is 11.9 Å². The number of benzene rings is 2. The first-order chi connectivity index (χ1) is 10.1. The van der Waals surface area contributed by atoms with Crippen LogP contribution in [-0.2, 0) is 0 Å². The Morgan fingerprint density at radius 3 is 2.24 bits per heavy atom. The lowest BCUT2D eigenvalue weighted by Crippen LogP contribution is -2.26. The van der Waals surface area contributed by atoms with Crippen molar-refractivity contribution in [1.82, 2.24) is 5.32 Å². The summed E-state index contributed by atoms with van der Waals surface area (Å²) in [6.45, 7) is 1.98. The zero-order valence-corrected chi connectivity index (χ0v) is 11.9. The van der Waals surface area contributed by atoms with E-state index in [0.717, 1.165) is 5.56 Å². The molecular weight excluding hydrogens is 266 g/mol. The van der Waals surface area contributed by atoms with Gasteiger partial charge in [-0.05, 0) is 31.2 Å². The lowest BCUT2D eigenvalue weighted by molar-refractivity contribution is 0.102. The number of carbonyl (C=O) groups excluding carboxylic acids is 2. The zero-order chi connectivity index (χ0) is 15.2. The van der Waals surface area contributed by atoms with E-state index in [1.807, 2.05) is 31.2 Å². The van der Waals surface area contributed by atoms with Crippen LogP contribution in [0, 0.1) is 6.92 Å². The van der Waals surface area contributed by atoms with Crippen LogP contribution in [0.1, 0.15) is 15.9 Å². The fraction of sp³-hybridized carbons (Fsp3) is 0.125. The number of rotatable bonds is 3. The van der Waals surface area contributed by atoms with Crippen molar-refractivity contribution in [2.24, 2.45) is 0 Å². The van der Waals surface area contributed by atoms with Crippen molar-refractivity contribution in [2.45, 2.75) is 6.92 Å². The average molecular weight is 283 g/mol. The fourth-order valence-corrected chi connectivity index (χ4v) is 1.81. The molecule has 5 nitrogen and oxygen atoms in total. The average Bonchev–Trinajstić information content (AvgIpc) is 2.50. The van der Waals surface area contributed by atoms with Gasteiger partial charge in [0.15, 0.2) is 0 Å². The molecule has 0 bridgehead atoms. The molecule has 0 aliphatic rings. The minimum atomic E-state index is -0.370. The van der Waals surface area contributed by atoms with Crippen LogP contribution in [0.2, 0.25) is 0 Å². The van der Waals surface area contributed by atoms with Crippen molar-refractivity contribution in [3.63, 3.8) is 0 Å². The molecule has 3 amide bonds. The number of para-hydroxylation sites is 1. The smallest absolute Gasteiger partial charge is 0.318 e. The van der Waals surface area contributed by atoms with E-state index in [1.54, 1.807) is 24.3 Å². The lowest BCUT2D eigenvalue weighted by Gasteiger charge is -2.11. The lowest BCUT2D eigenvalue weighted by atomic mass is 10.1. The molecule has 5 heteroatoms. The molecule has 2 aromatic carbocycles. The van der Waals surface area contributed by atoms with Crippen LogP contribution in [-0.4, -0.2) is 19.0 Å². The van der Waals surface area contributed by atoms with Crippen LogP contribution in [0.15, 0.2) is 48.5 Å². The molecule has 0 fully saturated rings. The Morgan fingerprint density at radius 1 is 0.905 bits per heavy atom. The third-order valence-corrected chi connectivity index (χ3v) is 2.96. The maximum Gasteiger partial charge on any atom is 0.318 e. The van der Waals surface area contributed by atoms with Gasteiger partial charge in [0, 0.05) is 12.7 Å². The van der Waals surface area contributed by atoms with Crippen LogP contribution in [0.5, 0.6) is 0 Å². The van der Waals surface area contributed by atoms with Gasteiger partial charge in [-0.25, -0.2) is 4.79 Å². The molecule has 0 unspecified atom stereocenters. The van der Waals surface area contributed by atoms with Crippen LogP contribution in [0.25, 0.3) is 0 Å². The van der Waals surface area contributed by atoms with Gasteiger partial charge < -0.3 is 16.0 Å². The molecule has 0 saturated carbocycles. The second-order valence-corrected chi connectivity index (χ2v) is 4.57. The zero-order valence-electron chi connectivity index (χ0n) is 11.9. The molecule has 0 radical (unpaired) electrons. The van der Waals surface area contributed by atoms with Gasteiger partial charge in [0.1, 0.15) is 0 Å². The van der Waals surface area contributed by atoms with Crippen molar-refractivity contribution in [1.29, 1.82) is 0 Å². The fourth-order valence-electron chi connectivity index (χ4n) is 1.81. The third kappa shape index (κ3) is 3.82. The highest BCUT2D eigenvalue weighted by atomic mass is 16.2. The van der Waals surface area contributed by atoms with E-state index in [1.165, 1.54) is 7.05 Å². The molecule has 0 heterocycles. The number of hydrogen-bond donors (Lipinski definition) is 3. The summed E-state index contributed by atoms with van der Waals surface area (Å²) < 4.78 is 0. The van der Waals surface area contributed by atoms with Gasteiger partial charge in [-0.2, -0.15) is 0 Å². The summed E-state index contributed by atoms with van der Waals surface area (Å²) in [5, 5.41) is 7.89. The second-order valence-electron chi connectivity index (χ2n) is 4.57. The Labute approximate surface area is 123 Å². The molecule has 0 aromatic heterocycles. The Balaban J connectivity index is 2.18. The maximum atomic E-state index is 12.3. The first kappa shape index (κ1) is 14.6. The number of amides is 3. The molecule has 3 N–H and O–H groups in total. The van der Waals surface area contributed by atoms with Crippen molar-refractivity contribution in [3.8, 4) is 0 Å². The molecule has 0 aliphatic heterocycles. The molecule has 0 saturated heterocycles. The van der Waals surface area contributed by atoms with Gasteiger partial charge in [0.2, 0.25) is 0 Å². The summed E-state index contributed by atoms with van der Waals surface area (Å²) >= 11 is 0. The van der Waals surface area contributed by atoms with E-state index < -0.39 is 0 Å². The molecule has 0 atom stereocenters. The monoisotopic (exact) mass is 283 g/mol. The first-order valence-electron chi connectivity index (χ1n) is 6.56. The highest BCUT2D eigenvalue weighted by Gasteiger charge is 2.12. The summed E-state index contributed by atoms with van der Waals surface area (Å²) in [4.78, 5) is 23.7. The van der Waals surface area contributed by atoms with Crippen molar-refractivity contribution < 1.29 is 9.59 Å². The predicted octanol–water partition coefficient (Wildman–Crippen LogP) is 3.00. The van der Waals surface area contributed by atoms with Crippen LogP contribution in [0.3, 0.4) is 0 Å². The highest BCUT2D eigenvalue weighted by molar-refractivity contribution is 6.09. The minimum absolute atomic E-state index is 0.272. The third-order valence-electron chi connectivity index (χ3n) is 2.96. The summed E-state index contributed by atoms with van der Waals surface area (Å²) in [5.74, 6) is -0.272. The molecule has 108 valence electrons. The number of hydrogen-bond acceptors (Lipinski definition) is 2. The second kappa shape index (κ2) is 6.56. The normalized spacial score (nSPS) is 9.81. The molecule has 0 aliphatic carbocycles. The molecular formula is C16H17N3O2. The van der Waals surface area contributed by atoms with E-state index in [2.05, 4.69) is 16.0 Å². The number of aryl methyl sites for hydroxylation is 1. The Morgan fingerprint density at radius 2 is 1.57 bits per heavy atom. The van der Waals surface area contributed by atoms with Crippen LogP contribution in [0.4, 0.5) is 16.2 Å². The topological polar surface area (TPSA) is 70.2 Å². The van der Waals surface area contributed by atoms with Gasteiger partial charge in [-0.1, -0.05) is 29.8 Å². The van der Waals surface area contributed by atoms with Crippen molar-refractivity contribution in [3.05, 3.63) is 59.7 Å². The highest BCUT2D eigenvalue weighted by Crippen LogP contribution is 2.17. The number of urea groups is 1. The Bertz CT molecular complexity index is 651. The number of carbonyl (C=O) groups is 2. The SMILES string of the molecule is CNC(=O)Nc1ccccc1C(=O)Nc1ccc(C)cc1.